The summed E-state index contributed by atoms with van der Waals surface area (Å²) in [6.07, 6.45) is 19.4. The van der Waals surface area contributed by atoms with Gasteiger partial charge in [0.2, 0.25) is 5.95 Å². The lowest BCUT2D eigenvalue weighted by atomic mass is 10.0. The maximum atomic E-state index is 10.7. The fraction of sp³-hybridized carbons (Fsp3) is 0.821. The molecule has 1 unspecified atom stereocenters. The average Bonchev–Trinajstić information content (AvgIpc) is 3.46. The number of nitrogen functional groups attached to an aromatic ring is 2. The quantitative estimate of drug-likeness (QED) is 0.174. The Morgan fingerprint density at radius 2 is 1.42 bits per heavy atom. The molecule has 38 heavy (non-hydrogen) atoms. The lowest BCUT2D eigenvalue weighted by molar-refractivity contribution is -0.0711. The minimum atomic E-state index is -0.972. The molecule has 1 fully saturated rings. The maximum absolute atomic E-state index is 10.7. The summed E-state index contributed by atoms with van der Waals surface area (Å²) in [5.41, 5.74) is 12.5. The van der Waals surface area contributed by atoms with Crippen LogP contribution in [0.1, 0.15) is 116 Å². The van der Waals surface area contributed by atoms with Crippen LogP contribution in [0, 0.1) is 0 Å². The number of fused-ring (bicyclic) bond motifs is 1. The molecule has 0 radical (unpaired) electrons. The molecule has 1 saturated heterocycles. The minimum absolute atomic E-state index is 0.0274. The van der Waals surface area contributed by atoms with Crippen molar-refractivity contribution in [2.24, 2.45) is 0 Å². The van der Waals surface area contributed by atoms with Crippen LogP contribution in [0.15, 0.2) is 6.33 Å². The predicted octanol–water partition coefficient (Wildman–Crippen LogP) is 4.89. The highest BCUT2D eigenvalue weighted by Gasteiger charge is 2.45. The summed E-state index contributed by atoms with van der Waals surface area (Å²) in [6, 6.07) is 0. The first-order chi connectivity index (χ1) is 18.6. The Morgan fingerprint density at radius 3 is 1.97 bits per heavy atom. The predicted molar refractivity (Wildman–Crippen MR) is 150 cm³/mol. The van der Waals surface area contributed by atoms with E-state index in [1.807, 2.05) is 0 Å². The van der Waals surface area contributed by atoms with Crippen molar-refractivity contribution in [3.63, 3.8) is 0 Å². The lowest BCUT2D eigenvalue weighted by Crippen LogP contribution is -2.35. The van der Waals surface area contributed by atoms with E-state index < -0.39 is 24.5 Å². The molecule has 0 bridgehead atoms. The van der Waals surface area contributed by atoms with Gasteiger partial charge >= 0.3 is 0 Å². The first kappa shape index (κ1) is 30.5. The average molecular weight is 535 g/mol. The van der Waals surface area contributed by atoms with Crippen LogP contribution >= 0.6 is 0 Å². The summed E-state index contributed by atoms with van der Waals surface area (Å²) in [5, 5.41) is 20.4. The number of hydrogen-bond donors (Lipinski definition) is 4. The summed E-state index contributed by atoms with van der Waals surface area (Å²) in [4.78, 5) is 12.5. The smallest absolute Gasteiger partial charge is 0.224 e. The zero-order valence-electron chi connectivity index (χ0n) is 23.3. The lowest BCUT2D eigenvalue weighted by Gasteiger charge is -2.22. The van der Waals surface area contributed by atoms with Crippen molar-refractivity contribution in [2.45, 2.75) is 134 Å². The standard InChI is InChI=1S/C28H50N6O4/c1-2-3-4-5-6-7-8-9-10-11-12-13-14-15-16-17-18-37-24-23(36)21(19-35)38-27(24)34-20-31-22-25(29)32-28(30)33-26(22)34/h20-21,23-24,27,35-36H,2-19H2,1H3,(H4,29,30,32,33)/t21-,23-,24-,27?/m1/s1. The monoisotopic (exact) mass is 534 g/mol. The third-order valence-corrected chi connectivity index (χ3v) is 7.54. The van der Waals surface area contributed by atoms with Gasteiger partial charge in [0.1, 0.15) is 23.8 Å². The van der Waals surface area contributed by atoms with Crippen LogP contribution < -0.4 is 11.5 Å². The van der Waals surface area contributed by atoms with Crippen LogP contribution in [0.5, 0.6) is 0 Å². The van der Waals surface area contributed by atoms with Crippen molar-refractivity contribution < 1.29 is 19.7 Å². The molecule has 2 aromatic rings. The number of anilines is 2. The highest BCUT2D eigenvalue weighted by Crippen LogP contribution is 2.34. The summed E-state index contributed by atoms with van der Waals surface area (Å²) in [7, 11) is 0. The summed E-state index contributed by atoms with van der Waals surface area (Å²) in [6.45, 7) is 2.46. The molecule has 10 heteroatoms. The molecule has 3 heterocycles. The van der Waals surface area contributed by atoms with Gasteiger partial charge in [-0.25, -0.2) is 4.98 Å². The number of rotatable bonds is 20. The molecule has 0 saturated carbocycles. The van der Waals surface area contributed by atoms with Crippen molar-refractivity contribution >= 4 is 22.9 Å². The minimum Gasteiger partial charge on any atom is -0.394 e. The summed E-state index contributed by atoms with van der Waals surface area (Å²) >= 11 is 0. The van der Waals surface area contributed by atoms with Gasteiger partial charge in [0.25, 0.3) is 0 Å². The zero-order valence-corrected chi connectivity index (χ0v) is 23.3. The molecule has 1 aliphatic rings. The largest absolute Gasteiger partial charge is 0.394 e. The molecule has 216 valence electrons. The van der Waals surface area contributed by atoms with Crippen LogP contribution in [0.25, 0.3) is 11.2 Å². The van der Waals surface area contributed by atoms with Gasteiger partial charge in [-0.15, -0.1) is 0 Å². The number of ether oxygens (including phenoxy) is 2. The van der Waals surface area contributed by atoms with Crippen molar-refractivity contribution in [1.29, 1.82) is 0 Å². The van der Waals surface area contributed by atoms with E-state index in [-0.39, 0.29) is 18.4 Å². The number of imidazole rings is 1. The second-order valence-electron chi connectivity index (χ2n) is 10.7. The van der Waals surface area contributed by atoms with Gasteiger partial charge in [0.05, 0.1) is 12.9 Å². The first-order valence-electron chi connectivity index (χ1n) is 14.9. The van der Waals surface area contributed by atoms with Crippen molar-refractivity contribution in [2.75, 3.05) is 24.7 Å². The molecule has 0 aromatic carbocycles. The summed E-state index contributed by atoms with van der Waals surface area (Å²) in [5.74, 6) is 0.203. The number of hydrogen-bond acceptors (Lipinski definition) is 9. The Hall–Kier alpha value is -2.01. The van der Waals surface area contributed by atoms with Crippen molar-refractivity contribution in [1.82, 2.24) is 19.5 Å². The zero-order chi connectivity index (χ0) is 27.2. The van der Waals surface area contributed by atoms with E-state index in [0.29, 0.717) is 17.8 Å². The molecule has 2 aromatic heterocycles. The van der Waals surface area contributed by atoms with Gasteiger partial charge in [0, 0.05) is 6.61 Å². The maximum Gasteiger partial charge on any atom is 0.224 e. The number of nitrogens with zero attached hydrogens (tertiary/aromatic N) is 4. The van der Waals surface area contributed by atoms with Crippen LogP contribution in [0.2, 0.25) is 0 Å². The second kappa shape index (κ2) is 16.8. The number of nitrogens with two attached hydrogens (primary N) is 2. The van der Waals surface area contributed by atoms with E-state index in [4.69, 9.17) is 20.9 Å². The van der Waals surface area contributed by atoms with E-state index >= 15 is 0 Å². The van der Waals surface area contributed by atoms with Crippen LogP contribution in [0.3, 0.4) is 0 Å². The van der Waals surface area contributed by atoms with E-state index in [1.54, 1.807) is 4.57 Å². The van der Waals surface area contributed by atoms with Crippen LogP contribution in [0.4, 0.5) is 11.8 Å². The molecule has 4 atom stereocenters. The Bertz CT molecular complexity index is 926. The molecule has 0 aliphatic carbocycles. The molecule has 1 aliphatic heterocycles. The number of aromatic nitrogens is 4. The molecule has 3 rings (SSSR count). The Balaban J connectivity index is 1.29. The second-order valence-corrected chi connectivity index (χ2v) is 10.7. The highest BCUT2D eigenvalue weighted by atomic mass is 16.6. The van der Waals surface area contributed by atoms with E-state index in [9.17, 15) is 10.2 Å². The molecule has 0 amide bonds. The Morgan fingerprint density at radius 1 is 0.868 bits per heavy atom. The first-order valence-corrected chi connectivity index (χ1v) is 14.9. The molecular weight excluding hydrogens is 484 g/mol. The van der Waals surface area contributed by atoms with Gasteiger partial charge in [-0.3, -0.25) is 4.57 Å². The van der Waals surface area contributed by atoms with E-state index in [0.717, 1.165) is 12.8 Å². The topological polar surface area (TPSA) is 155 Å². The SMILES string of the molecule is CCCCCCCCCCCCCCCCCCO[C@H]1C(n2cnc3c(N)nc(N)nc32)O[C@H](CO)[C@H]1O. The normalized spacial score (nSPS) is 21.6. The fourth-order valence-electron chi connectivity index (χ4n) is 5.28. The number of unbranched alkanes of at least 4 members (excludes halogenated alkanes) is 15. The number of aliphatic hydroxyl groups is 2. The summed E-state index contributed by atoms with van der Waals surface area (Å²) < 4.78 is 13.6. The van der Waals surface area contributed by atoms with Gasteiger partial charge in [-0.2, -0.15) is 9.97 Å². The fourth-order valence-corrected chi connectivity index (χ4v) is 5.28. The molecular formula is C28H50N6O4. The van der Waals surface area contributed by atoms with E-state index in [1.165, 1.54) is 96.2 Å². The van der Waals surface area contributed by atoms with E-state index in [2.05, 4.69) is 21.9 Å². The molecule has 6 N–H and O–H groups in total. The Kier molecular flexibility index (Phi) is 13.5. The third kappa shape index (κ3) is 9.03. The van der Waals surface area contributed by atoms with Gasteiger partial charge < -0.3 is 31.2 Å². The van der Waals surface area contributed by atoms with Crippen LogP contribution in [-0.2, 0) is 9.47 Å². The molecule has 0 spiro atoms. The van der Waals surface area contributed by atoms with Gasteiger partial charge in [0.15, 0.2) is 17.7 Å². The Labute approximate surface area is 227 Å². The highest BCUT2D eigenvalue weighted by molar-refractivity contribution is 5.82. The van der Waals surface area contributed by atoms with Crippen molar-refractivity contribution in [3.05, 3.63) is 6.33 Å². The number of aliphatic hydroxyl groups excluding tert-OH is 2. The van der Waals surface area contributed by atoms with Gasteiger partial charge in [-0.05, 0) is 6.42 Å². The third-order valence-electron chi connectivity index (χ3n) is 7.54. The van der Waals surface area contributed by atoms with Crippen LogP contribution in [-0.4, -0.2) is 61.3 Å². The van der Waals surface area contributed by atoms with Crippen molar-refractivity contribution in [3.8, 4) is 0 Å². The molecule has 10 nitrogen and oxygen atoms in total. The van der Waals surface area contributed by atoms with Gasteiger partial charge in [-0.1, -0.05) is 103 Å².